The van der Waals surface area contributed by atoms with E-state index in [1.54, 1.807) is 6.92 Å². The van der Waals surface area contributed by atoms with Crippen molar-refractivity contribution < 1.29 is 34.7 Å². The van der Waals surface area contributed by atoms with Gasteiger partial charge in [0, 0.05) is 10.8 Å². The monoisotopic (exact) mass is 875 g/mol. The first-order valence-corrected chi connectivity index (χ1v) is 24.7. The highest BCUT2D eigenvalue weighted by Crippen LogP contribution is 2.69. The average Bonchev–Trinajstić information content (AvgIpc) is 4.07. The number of benzene rings is 4. The number of phenolic OH excluding ortho intramolecular Hbond substituents is 2. The fourth-order valence-electron chi connectivity index (χ4n) is 16.0. The minimum absolute atomic E-state index is 0.0731. The Bertz CT molecular complexity index is 2620. The molecule has 0 amide bonds. The second kappa shape index (κ2) is 15.4. The molecule has 7 aliphatic carbocycles. The van der Waals surface area contributed by atoms with Crippen LogP contribution in [0.2, 0.25) is 0 Å². The van der Waals surface area contributed by atoms with E-state index in [4.69, 9.17) is 16.0 Å². The van der Waals surface area contributed by atoms with Crippen molar-refractivity contribution in [2.75, 3.05) is 6.61 Å². The number of aromatic hydroxyl groups is 2. The van der Waals surface area contributed by atoms with Crippen LogP contribution in [-0.4, -0.2) is 38.5 Å². The molecule has 4 N–H and O–H groups in total. The number of ether oxygens (including phenoxy) is 2. The fraction of sp³-hybridized carbons (Fsp3) is 0.544. The number of esters is 1. The van der Waals surface area contributed by atoms with Gasteiger partial charge in [0.05, 0.1) is 43.9 Å². The van der Waals surface area contributed by atoms with Crippen molar-refractivity contribution in [3.8, 4) is 11.5 Å². The van der Waals surface area contributed by atoms with Crippen molar-refractivity contribution >= 4 is 5.97 Å². The van der Waals surface area contributed by atoms with Gasteiger partial charge in [-0.3, -0.25) is 4.85 Å². The molecule has 8 nitrogen and oxygen atoms in total. The summed E-state index contributed by atoms with van der Waals surface area (Å²) in [6.07, 6.45) is 13.0. The van der Waals surface area contributed by atoms with Crippen LogP contribution in [0.25, 0.3) is 4.85 Å². The van der Waals surface area contributed by atoms with Gasteiger partial charge in [0.2, 0.25) is 0 Å². The molecule has 12 rings (SSSR count). The molecule has 1 heterocycles. The number of fused-ring (bicyclic) bond motifs is 12. The highest BCUT2D eigenvalue weighted by Gasteiger charge is 2.64. The number of phenols is 2. The molecule has 65 heavy (non-hydrogen) atoms. The zero-order valence-electron chi connectivity index (χ0n) is 38.4. The van der Waals surface area contributed by atoms with E-state index >= 15 is 0 Å². The molecule has 1 aliphatic heterocycles. The van der Waals surface area contributed by atoms with Crippen LogP contribution in [-0.2, 0) is 64.4 Å². The van der Waals surface area contributed by atoms with Crippen molar-refractivity contribution in [1.82, 2.24) is 0 Å². The number of aliphatic hydroxyl groups is 2. The molecule has 4 aromatic carbocycles. The molecular weight excluding hydrogens is 811 g/mol. The summed E-state index contributed by atoms with van der Waals surface area (Å²) in [5.41, 5.74) is 8.93. The number of aryl methyl sites for hydroxylation is 2. The van der Waals surface area contributed by atoms with Crippen molar-refractivity contribution in [1.29, 1.82) is 0 Å². The molecule has 4 aromatic rings. The minimum Gasteiger partial charge on any atom is -0.508 e. The number of hydrogen-bond donors (Lipinski definition) is 4. The van der Waals surface area contributed by atoms with Crippen molar-refractivity contribution in [3.05, 3.63) is 140 Å². The van der Waals surface area contributed by atoms with Crippen LogP contribution in [0.15, 0.2) is 72.8 Å². The molecule has 1 unspecified atom stereocenters. The Hall–Kier alpha value is -4.68. The van der Waals surface area contributed by atoms with Crippen molar-refractivity contribution in [2.45, 2.75) is 152 Å². The predicted octanol–water partition coefficient (Wildman–Crippen LogP) is 10.6. The quantitative estimate of drug-likeness (QED) is 0.119. The molecule has 0 bridgehead atoms. The first kappa shape index (κ1) is 42.9. The summed E-state index contributed by atoms with van der Waals surface area (Å²) in [7, 11) is 0. The lowest BCUT2D eigenvalue weighted by Crippen LogP contribution is -2.49. The summed E-state index contributed by atoms with van der Waals surface area (Å²) < 4.78 is 10.9. The summed E-state index contributed by atoms with van der Waals surface area (Å²) >= 11 is 0. The highest BCUT2D eigenvalue weighted by atomic mass is 16.5. The van der Waals surface area contributed by atoms with E-state index in [1.165, 1.54) is 39.8 Å². The van der Waals surface area contributed by atoms with Gasteiger partial charge in [-0.2, -0.15) is 0 Å². The molecule has 340 valence electrons. The van der Waals surface area contributed by atoms with Gasteiger partial charge in [0.1, 0.15) is 11.5 Å². The molecule has 11 atom stereocenters. The third kappa shape index (κ3) is 6.34. The van der Waals surface area contributed by atoms with Crippen LogP contribution in [0.4, 0.5) is 0 Å². The number of carbonyl (C=O) groups is 1. The zero-order valence-corrected chi connectivity index (χ0v) is 38.4. The molecule has 0 spiro atoms. The van der Waals surface area contributed by atoms with Gasteiger partial charge in [0.25, 0.3) is 0 Å². The van der Waals surface area contributed by atoms with Crippen molar-refractivity contribution in [3.63, 3.8) is 0 Å². The Morgan fingerprint density at radius 2 is 1.15 bits per heavy atom. The summed E-state index contributed by atoms with van der Waals surface area (Å²) in [5, 5.41) is 44.3. The normalized spacial score (nSPS) is 36.8. The van der Waals surface area contributed by atoms with Gasteiger partial charge in [-0.15, -0.1) is 0 Å². The molecule has 4 saturated carbocycles. The Morgan fingerprint density at radius 3 is 1.69 bits per heavy atom. The van der Waals surface area contributed by atoms with Crippen LogP contribution < -0.4 is 0 Å². The lowest BCUT2D eigenvalue weighted by Gasteiger charge is -2.53. The summed E-state index contributed by atoms with van der Waals surface area (Å²) in [4.78, 5) is 16.4. The molecule has 0 radical (unpaired) electrons. The number of carbonyl (C=O) groups excluding carboxylic acids is 1. The number of hydrogen-bond acceptors (Lipinski definition) is 7. The molecular formula is C57H65NO7. The van der Waals surface area contributed by atoms with Crippen LogP contribution >= 0.6 is 0 Å². The van der Waals surface area contributed by atoms with Gasteiger partial charge >= 0.3 is 11.5 Å². The maximum Gasteiger partial charge on any atom is 0.394 e. The first-order chi connectivity index (χ1) is 31.2. The zero-order chi connectivity index (χ0) is 45.1. The lowest BCUT2D eigenvalue weighted by molar-refractivity contribution is -0.147. The van der Waals surface area contributed by atoms with Crippen LogP contribution in [0.3, 0.4) is 0 Å². The maximum atomic E-state index is 12.7. The van der Waals surface area contributed by atoms with E-state index in [-0.39, 0.29) is 17.4 Å². The Kier molecular flexibility index (Phi) is 10.2. The van der Waals surface area contributed by atoms with E-state index in [2.05, 4.69) is 55.1 Å². The molecule has 8 heteroatoms. The van der Waals surface area contributed by atoms with Crippen LogP contribution in [0, 0.1) is 41.1 Å². The van der Waals surface area contributed by atoms with E-state index in [0.29, 0.717) is 73.1 Å². The minimum atomic E-state index is -1.18. The Labute approximate surface area is 384 Å². The van der Waals surface area contributed by atoms with Gasteiger partial charge in [-0.25, -0.2) is 11.4 Å². The van der Waals surface area contributed by atoms with Gasteiger partial charge < -0.3 is 29.9 Å². The summed E-state index contributed by atoms with van der Waals surface area (Å²) in [6, 6.07) is 24.6. The van der Waals surface area contributed by atoms with Crippen molar-refractivity contribution in [2.24, 2.45) is 34.5 Å². The largest absolute Gasteiger partial charge is 0.508 e. The second-order valence-corrected chi connectivity index (χ2v) is 22.0. The third-order valence-corrected chi connectivity index (χ3v) is 19.4. The van der Waals surface area contributed by atoms with Crippen LogP contribution in [0.1, 0.15) is 152 Å². The number of rotatable bonds is 4. The fourth-order valence-corrected chi connectivity index (χ4v) is 16.0. The topological polar surface area (TPSA) is 121 Å². The van der Waals surface area contributed by atoms with Gasteiger partial charge in [0.15, 0.2) is 0 Å². The first-order valence-electron chi connectivity index (χ1n) is 24.7. The maximum absolute atomic E-state index is 12.7. The summed E-state index contributed by atoms with van der Waals surface area (Å²) in [6.45, 7) is 15.8. The molecule has 0 aromatic heterocycles. The third-order valence-electron chi connectivity index (χ3n) is 19.4. The molecule has 4 fully saturated rings. The molecule has 8 aliphatic rings. The summed E-state index contributed by atoms with van der Waals surface area (Å²) in [5.74, 6) is 3.56. The van der Waals surface area contributed by atoms with Crippen LogP contribution in [0.5, 0.6) is 11.5 Å². The second-order valence-electron chi connectivity index (χ2n) is 22.0. The van der Waals surface area contributed by atoms with Gasteiger partial charge in [-0.1, -0.05) is 62.4 Å². The predicted molar refractivity (Wildman–Crippen MR) is 248 cm³/mol. The van der Waals surface area contributed by atoms with E-state index in [0.717, 1.165) is 92.9 Å². The lowest BCUT2D eigenvalue weighted by atomic mass is 9.52. The Balaban J connectivity index is 0.000000147. The Morgan fingerprint density at radius 1 is 0.646 bits per heavy atom. The highest BCUT2D eigenvalue weighted by molar-refractivity contribution is 5.85. The van der Waals surface area contributed by atoms with E-state index < -0.39 is 22.7 Å². The number of nitrogens with zero attached hydrogens (tertiary/aromatic N) is 1. The smallest absolute Gasteiger partial charge is 0.394 e. The van der Waals surface area contributed by atoms with E-state index in [1.807, 2.05) is 36.4 Å². The molecule has 0 saturated heterocycles. The van der Waals surface area contributed by atoms with E-state index in [9.17, 15) is 25.2 Å². The standard InChI is InChI=1S/C31H35NO4.C26H30O3/c1-4-36-28(34)30(32-3)17-20-5-7-22(15-21(20)18-30)31(35)14-12-27-26-9-6-19-16-23(33)8-10-24(19)25(26)11-13-29(27,31)2;1-25-10-8-22-21-7-5-20(27)13-16(21)3-6-23(22)24(25)9-11-26(25,28)19-4-2-17-14-29-15-18(17)12-19/h5,7-8,10,15-16,25-27,33,35H,4,6,9,11-14,17-18H2,1-2H3;2,4-5,7,12-13,22-24,27-28H,3,6,8-11,14-15H2,1H3/t25-,26-,27+,29+,30?,31-;22-,23-,24+,25+,26-/m11/s1. The SMILES string of the molecule is C[C@]12CC[C@@H]3c4ccc(O)cc4CC[C@H]3[C@@H]1CC[C@@]2(O)c1ccc2c(c1)COC2.[C-]#[N+]C1(C(=O)OCC)Cc2ccc([C@]3(O)CC[C@H]4[C@@H]5CCc6cc(O)ccc6[C@H]5CC[C@@]43C)cc2C1. The average molecular weight is 876 g/mol. The van der Waals surface area contributed by atoms with Gasteiger partial charge in [-0.05, 0) is 199 Å².